The zero-order valence-electron chi connectivity index (χ0n) is 20.8. The number of carbonyl (C=O) groups excluding carboxylic acids is 1. The Balaban J connectivity index is 1.27. The van der Waals surface area contributed by atoms with Crippen molar-refractivity contribution in [2.24, 2.45) is 0 Å². The van der Waals surface area contributed by atoms with Gasteiger partial charge in [0, 0.05) is 49.6 Å². The smallest absolute Gasteiger partial charge is 0.289 e. The van der Waals surface area contributed by atoms with Gasteiger partial charge in [0.1, 0.15) is 11.3 Å². The van der Waals surface area contributed by atoms with Gasteiger partial charge < -0.3 is 19.2 Å². The summed E-state index contributed by atoms with van der Waals surface area (Å²) in [4.78, 5) is 17.1. The van der Waals surface area contributed by atoms with E-state index in [0.29, 0.717) is 24.2 Å². The SMILES string of the molecule is COc1ccc(CN2CCC(O)(c3ccc4oc(C(=O)N5CCSCC5)cc4c3)CC2)c(C)c1C. The minimum atomic E-state index is -0.874. The van der Waals surface area contributed by atoms with Gasteiger partial charge in [0.2, 0.25) is 0 Å². The summed E-state index contributed by atoms with van der Waals surface area (Å²) in [7, 11) is 1.71. The van der Waals surface area contributed by atoms with Crippen molar-refractivity contribution in [1.29, 1.82) is 0 Å². The molecule has 186 valence electrons. The van der Waals surface area contributed by atoms with Crippen LogP contribution in [0.1, 0.15) is 45.7 Å². The van der Waals surface area contributed by atoms with E-state index < -0.39 is 5.60 Å². The third-order valence-electron chi connectivity index (χ3n) is 7.71. The molecular weight excluding hydrogens is 460 g/mol. The lowest BCUT2D eigenvalue weighted by Crippen LogP contribution is -2.42. The average molecular weight is 495 g/mol. The van der Waals surface area contributed by atoms with Crippen molar-refractivity contribution in [1.82, 2.24) is 9.80 Å². The number of hydrogen-bond donors (Lipinski definition) is 1. The number of fused-ring (bicyclic) bond motifs is 1. The van der Waals surface area contributed by atoms with E-state index in [0.717, 1.165) is 60.9 Å². The lowest BCUT2D eigenvalue weighted by atomic mass is 9.84. The number of nitrogens with zero attached hydrogens (tertiary/aromatic N) is 2. The highest BCUT2D eigenvalue weighted by Gasteiger charge is 2.34. The Hall–Kier alpha value is -2.48. The molecule has 2 aliphatic rings. The minimum Gasteiger partial charge on any atom is -0.496 e. The lowest BCUT2D eigenvalue weighted by molar-refractivity contribution is -0.0276. The summed E-state index contributed by atoms with van der Waals surface area (Å²) in [5.41, 5.74) is 4.47. The molecule has 0 spiro atoms. The Morgan fingerprint density at radius 3 is 2.51 bits per heavy atom. The zero-order valence-corrected chi connectivity index (χ0v) is 21.6. The molecule has 7 heteroatoms. The molecule has 35 heavy (non-hydrogen) atoms. The van der Waals surface area contributed by atoms with Crippen LogP contribution in [0.3, 0.4) is 0 Å². The van der Waals surface area contributed by atoms with Crippen LogP contribution in [0.5, 0.6) is 5.75 Å². The third kappa shape index (κ3) is 4.82. The van der Waals surface area contributed by atoms with Crippen LogP contribution in [0.25, 0.3) is 11.0 Å². The Bertz CT molecular complexity index is 1220. The molecule has 1 N–H and O–H groups in total. The molecule has 2 aliphatic heterocycles. The van der Waals surface area contributed by atoms with Gasteiger partial charge in [-0.3, -0.25) is 9.69 Å². The van der Waals surface area contributed by atoms with Crippen molar-refractivity contribution in [3.8, 4) is 5.75 Å². The molecule has 3 aromatic rings. The minimum absolute atomic E-state index is 0.0425. The summed E-state index contributed by atoms with van der Waals surface area (Å²) < 4.78 is 11.3. The third-order valence-corrected chi connectivity index (χ3v) is 8.65. The number of methoxy groups -OCH3 is 1. The number of aliphatic hydroxyl groups is 1. The Kier molecular flexibility index (Phi) is 6.84. The largest absolute Gasteiger partial charge is 0.496 e. The lowest BCUT2D eigenvalue weighted by Gasteiger charge is -2.39. The van der Waals surface area contributed by atoms with Crippen LogP contribution in [0.2, 0.25) is 0 Å². The van der Waals surface area contributed by atoms with Crippen molar-refractivity contribution in [2.45, 2.75) is 38.8 Å². The maximum Gasteiger partial charge on any atom is 0.289 e. The van der Waals surface area contributed by atoms with Crippen molar-refractivity contribution < 1.29 is 19.1 Å². The number of piperidine rings is 1. The molecule has 0 radical (unpaired) electrons. The van der Waals surface area contributed by atoms with Crippen LogP contribution < -0.4 is 4.74 Å². The maximum atomic E-state index is 12.8. The first-order chi connectivity index (χ1) is 16.9. The maximum absolute atomic E-state index is 12.8. The molecule has 5 rings (SSSR count). The molecule has 0 aliphatic carbocycles. The van der Waals surface area contributed by atoms with Gasteiger partial charge in [0.15, 0.2) is 5.76 Å². The van der Waals surface area contributed by atoms with Gasteiger partial charge in [0.25, 0.3) is 5.91 Å². The van der Waals surface area contributed by atoms with Crippen molar-refractivity contribution in [3.63, 3.8) is 0 Å². The molecule has 1 aromatic heterocycles. The van der Waals surface area contributed by atoms with Gasteiger partial charge in [-0.15, -0.1) is 0 Å². The average Bonchev–Trinajstić information content (AvgIpc) is 3.32. The number of hydrogen-bond acceptors (Lipinski definition) is 6. The number of rotatable bonds is 5. The quantitative estimate of drug-likeness (QED) is 0.553. The summed E-state index contributed by atoms with van der Waals surface area (Å²) >= 11 is 1.88. The van der Waals surface area contributed by atoms with Crippen LogP contribution >= 0.6 is 11.8 Å². The first-order valence-electron chi connectivity index (χ1n) is 12.4. The Morgan fingerprint density at radius 2 is 1.80 bits per heavy atom. The molecule has 0 unspecified atom stereocenters. The normalized spacial score (nSPS) is 18.7. The van der Waals surface area contributed by atoms with Gasteiger partial charge in [-0.2, -0.15) is 11.8 Å². The number of amides is 1. The highest BCUT2D eigenvalue weighted by Crippen LogP contribution is 2.36. The second kappa shape index (κ2) is 9.88. The molecule has 1 amide bonds. The monoisotopic (exact) mass is 494 g/mol. The highest BCUT2D eigenvalue weighted by atomic mass is 32.2. The molecule has 3 heterocycles. The zero-order chi connectivity index (χ0) is 24.6. The molecular formula is C28H34N2O4S. The molecule has 0 atom stereocenters. The van der Waals surface area contributed by atoms with E-state index in [2.05, 4.69) is 24.8 Å². The number of carbonyl (C=O) groups is 1. The number of furan rings is 1. The van der Waals surface area contributed by atoms with Crippen LogP contribution in [-0.4, -0.2) is 65.6 Å². The van der Waals surface area contributed by atoms with Crippen molar-refractivity contribution in [2.75, 3.05) is 44.8 Å². The fourth-order valence-electron chi connectivity index (χ4n) is 5.22. The van der Waals surface area contributed by atoms with Crippen LogP contribution in [0.15, 0.2) is 40.8 Å². The molecule has 2 aromatic carbocycles. The van der Waals surface area contributed by atoms with E-state index in [1.807, 2.05) is 47.0 Å². The van der Waals surface area contributed by atoms with Gasteiger partial charge in [0.05, 0.1) is 12.7 Å². The predicted molar refractivity (Wildman–Crippen MR) is 140 cm³/mol. The number of benzene rings is 2. The van der Waals surface area contributed by atoms with E-state index in [9.17, 15) is 9.90 Å². The van der Waals surface area contributed by atoms with E-state index >= 15 is 0 Å². The van der Waals surface area contributed by atoms with Crippen LogP contribution in [0, 0.1) is 13.8 Å². The molecule has 2 fully saturated rings. The standard InChI is InChI=1S/C28H34N2O4S/c1-19-20(2)24(33-3)6-4-21(19)18-29-10-8-28(32,9-11-29)23-5-7-25-22(16-23)17-26(34-25)27(31)30-12-14-35-15-13-30/h4-7,16-17,32H,8-15,18H2,1-3H3. The van der Waals surface area contributed by atoms with Gasteiger partial charge >= 0.3 is 0 Å². The van der Waals surface area contributed by atoms with Gasteiger partial charge in [-0.25, -0.2) is 0 Å². The number of likely N-dealkylation sites (tertiary alicyclic amines) is 1. The molecule has 0 saturated carbocycles. The molecule has 2 saturated heterocycles. The van der Waals surface area contributed by atoms with Crippen LogP contribution in [-0.2, 0) is 12.1 Å². The summed E-state index contributed by atoms with van der Waals surface area (Å²) in [5, 5.41) is 12.4. The van der Waals surface area contributed by atoms with Crippen LogP contribution in [0.4, 0.5) is 0 Å². The predicted octanol–water partition coefficient (Wildman–Crippen LogP) is 4.73. The summed E-state index contributed by atoms with van der Waals surface area (Å²) in [6.45, 7) is 8.28. The number of ether oxygens (including phenoxy) is 1. The number of thioether (sulfide) groups is 1. The van der Waals surface area contributed by atoms with Gasteiger partial charge in [-0.05, 0) is 73.2 Å². The Labute approximate surface area is 211 Å². The topological polar surface area (TPSA) is 66.2 Å². The molecule has 0 bridgehead atoms. The van der Waals surface area contributed by atoms with E-state index in [-0.39, 0.29) is 5.91 Å². The fraction of sp³-hybridized carbons (Fsp3) is 0.464. The molecule has 6 nitrogen and oxygen atoms in total. The second-order valence-electron chi connectivity index (χ2n) is 9.75. The second-order valence-corrected chi connectivity index (χ2v) is 11.0. The van der Waals surface area contributed by atoms with E-state index in [1.165, 1.54) is 16.7 Å². The van der Waals surface area contributed by atoms with E-state index in [4.69, 9.17) is 9.15 Å². The first kappa shape index (κ1) is 24.2. The van der Waals surface area contributed by atoms with Crippen molar-refractivity contribution >= 4 is 28.6 Å². The highest BCUT2D eigenvalue weighted by molar-refractivity contribution is 7.99. The van der Waals surface area contributed by atoms with Gasteiger partial charge in [-0.1, -0.05) is 12.1 Å². The Morgan fingerprint density at radius 1 is 1.06 bits per heavy atom. The van der Waals surface area contributed by atoms with E-state index in [1.54, 1.807) is 7.11 Å². The summed E-state index contributed by atoms with van der Waals surface area (Å²) in [6.07, 6.45) is 1.34. The first-order valence-corrected chi connectivity index (χ1v) is 13.5. The summed E-state index contributed by atoms with van der Waals surface area (Å²) in [6, 6.07) is 11.9. The van der Waals surface area contributed by atoms with Crippen molar-refractivity contribution in [3.05, 3.63) is 64.4 Å². The fourth-order valence-corrected chi connectivity index (χ4v) is 6.12. The summed E-state index contributed by atoms with van der Waals surface area (Å²) in [5.74, 6) is 3.21.